The summed E-state index contributed by atoms with van der Waals surface area (Å²) in [4.78, 5) is 38.7. The van der Waals surface area contributed by atoms with Gasteiger partial charge in [0.1, 0.15) is 0 Å². The molecule has 0 saturated carbocycles. The number of carboxylic acids is 3. The van der Waals surface area contributed by atoms with Gasteiger partial charge >= 0.3 is 17.9 Å². The second-order valence-electron chi connectivity index (χ2n) is 6.46. The molecule has 9 nitrogen and oxygen atoms in total. The minimum Gasteiger partial charge on any atom is -0.480 e. The lowest BCUT2D eigenvalue weighted by Crippen LogP contribution is -2.47. The maximum absolute atomic E-state index is 11.2. The lowest BCUT2D eigenvalue weighted by Gasteiger charge is -2.33. The Morgan fingerprint density at radius 3 is 1.92 bits per heavy atom. The highest BCUT2D eigenvalue weighted by molar-refractivity contribution is 5.70. The molecule has 25 heavy (non-hydrogen) atoms. The molecule has 1 fully saturated rings. The zero-order valence-electron chi connectivity index (χ0n) is 14.8. The van der Waals surface area contributed by atoms with Crippen molar-refractivity contribution >= 4 is 17.9 Å². The van der Waals surface area contributed by atoms with Gasteiger partial charge in [-0.1, -0.05) is 19.8 Å². The van der Waals surface area contributed by atoms with E-state index in [2.05, 4.69) is 6.92 Å². The van der Waals surface area contributed by atoms with Crippen molar-refractivity contribution in [2.45, 2.75) is 32.2 Å². The predicted octanol–water partition coefficient (Wildman–Crippen LogP) is -0.281. The van der Waals surface area contributed by atoms with Crippen LogP contribution in [0.5, 0.6) is 0 Å². The number of nitrogens with zero attached hydrogens (tertiary/aromatic N) is 3. The fourth-order valence-corrected chi connectivity index (χ4v) is 3.13. The van der Waals surface area contributed by atoms with Crippen LogP contribution < -0.4 is 0 Å². The number of carboxylic acid groups (broad SMARTS) is 3. The van der Waals surface area contributed by atoms with Crippen LogP contribution in [-0.2, 0) is 14.4 Å². The molecule has 1 unspecified atom stereocenters. The van der Waals surface area contributed by atoms with Gasteiger partial charge in [0.25, 0.3) is 0 Å². The van der Waals surface area contributed by atoms with Gasteiger partial charge in [0.2, 0.25) is 0 Å². The summed E-state index contributed by atoms with van der Waals surface area (Å²) in [6, 6.07) is -0.0554. The van der Waals surface area contributed by atoms with E-state index < -0.39 is 17.9 Å². The van der Waals surface area contributed by atoms with Crippen LogP contribution >= 0.6 is 0 Å². The summed E-state index contributed by atoms with van der Waals surface area (Å²) >= 11 is 0. The van der Waals surface area contributed by atoms with Crippen LogP contribution in [0.2, 0.25) is 0 Å². The maximum Gasteiger partial charge on any atom is 0.317 e. The zero-order valence-corrected chi connectivity index (χ0v) is 14.8. The van der Waals surface area contributed by atoms with Gasteiger partial charge in [-0.2, -0.15) is 0 Å². The van der Waals surface area contributed by atoms with Crippen LogP contribution in [0.25, 0.3) is 0 Å². The van der Waals surface area contributed by atoms with Gasteiger partial charge in [0, 0.05) is 38.8 Å². The maximum atomic E-state index is 11.2. The van der Waals surface area contributed by atoms with Crippen molar-refractivity contribution in [3.8, 4) is 0 Å². The van der Waals surface area contributed by atoms with E-state index in [0.29, 0.717) is 32.7 Å². The van der Waals surface area contributed by atoms with Crippen molar-refractivity contribution in [3.63, 3.8) is 0 Å². The second kappa shape index (κ2) is 11.0. The van der Waals surface area contributed by atoms with Crippen molar-refractivity contribution in [1.29, 1.82) is 0 Å². The van der Waals surface area contributed by atoms with Gasteiger partial charge in [-0.3, -0.25) is 29.1 Å². The number of hydrogen-bond donors (Lipinski definition) is 3. The summed E-state index contributed by atoms with van der Waals surface area (Å²) in [7, 11) is 0. The lowest BCUT2D eigenvalue weighted by atomic mass is 10.1. The molecule has 1 atom stereocenters. The van der Waals surface area contributed by atoms with Crippen LogP contribution in [0.4, 0.5) is 0 Å². The van der Waals surface area contributed by atoms with Crippen molar-refractivity contribution in [2.24, 2.45) is 0 Å². The molecule has 0 radical (unpaired) electrons. The first-order chi connectivity index (χ1) is 11.8. The molecule has 0 amide bonds. The largest absolute Gasteiger partial charge is 0.480 e. The number of carbonyl (C=O) groups is 3. The Bertz CT molecular complexity index is 459. The third kappa shape index (κ3) is 8.80. The van der Waals surface area contributed by atoms with Crippen molar-refractivity contribution in [2.75, 3.05) is 52.4 Å². The van der Waals surface area contributed by atoms with E-state index in [1.54, 1.807) is 9.80 Å². The average Bonchev–Trinajstić information content (AvgIpc) is 2.56. The van der Waals surface area contributed by atoms with Crippen LogP contribution in [0.1, 0.15) is 26.2 Å². The molecule has 0 bridgehead atoms. The van der Waals surface area contributed by atoms with E-state index in [1.807, 2.05) is 4.90 Å². The Morgan fingerprint density at radius 1 is 0.840 bits per heavy atom. The number of rotatable bonds is 9. The van der Waals surface area contributed by atoms with Gasteiger partial charge in [0.15, 0.2) is 0 Å². The summed E-state index contributed by atoms with van der Waals surface area (Å²) < 4.78 is 0. The molecular formula is C16H29N3O6. The lowest BCUT2D eigenvalue weighted by molar-refractivity contribution is -0.140. The minimum absolute atomic E-state index is 0.0554. The fourth-order valence-electron chi connectivity index (χ4n) is 3.13. The van der Waals surface area contributed by atoms with Crippen LogP contribution in [0.15, 0.2) is 0 Å². The molecule has 0 aromatic carbocycles. The highest BCUT2D eigenvalue weighted by Gasteiger charge is 2.27. The minimum atomic E-state index is -0.948. The monoisotopic (exact) mass is 359 g/mol. The van der Waals surface area contributed by atoms with Crippen molar-refractivity contribution < 1.29 is 29.7 Å². The smallest absolute Gasteiger partial charge is 0.317 e. The molecule has 0 aromatic heterocycles. The van der Waals surface area contributed by atoms with Gasteiger partial charge in [-0.15, -0.1) is 0 Å². The molecule has 1 aliphatic rings. The summed E-state index contributed by atoms with van der Waals surface area (Å²) in [5, 5.41) is 27.4. The van der Waals surface area contributed by atoms with E-state index in [4.69, 9.17) is 10.2 Å². The van der Waals surface area contributed by atoms with E-state index in [9.17, 15) is 19.5 Å². The highest BCUT2D eigenvalue weighted by Crippen LogP contribution is 2.13. The molecule has 1 saturated heterocycles. The Balaban J connectivity index is 2.95. The Morgan fingerprint density at radius 2 is 1.36 bits per heavy atom. The third-order valence-electron chi connectivity index (χ3n) is 4.37. The molecule has 9 heteroatoms. The first-order valence-corrected chi connectivity index (χ1v) is 8.66. The van der Waals surface area contributed by atoms with Crippen LogP contribution in [0.3, 0.4) is 0 Å². The second-order valence-corrected chi connectivity index (χ2v) is 6.46. The standard InChI is InChI=1S/C16H29N3O6/c1-2-3-4-13-9-18(11-15(22)23)6-5-17(10-14(20)21)7-8-19(13)12-16(24)25/h13H,2-12H2,1H3,(H,20,21)(H,22,23)(H,24,25). The Labute approximate surface area is 147 Å². The molecule has 1 aliphatic heterocycles. The number of unbranched alkanes of at least 4 members (excludes halogenated alkanes) is 1. The zero-order chi connectivity index (χ0) is 18.8. The number of aliphatic carboxylic acids is 3. The molecule has 0 aliphatic carbocycles. The predicted molar refractivity (Wildman–Crippen MR) is 90.7 cm³/mol. The fraction of sp³-hybridized carbons (Fsp3) is 0.812. The van der Waals surface area contributed by atoms with Crippen molar-refractivity contribution in [3.05, 3.63) is 0 Å². The molecule has 3 N–H and O–H groups in total. The van der Waals surface area contributed by atoms with E-state index in [-0.39, 0.29) is 25.7 Å². The summed E-state index contributed by atoms with van der Waals surface area (Å²) in [6.45, 7) is 3.92. The first kappa shape index (κ1) is 21.3. The molecule has 1 heterocycles. The highest BCUT2D eigenvalue weighted by atomic mass is 16.4. The molecule has 1 rings (SSSR count). The van der Waals surface area contributed by atoms with Gasteiger partial charge in [-0.25, -0.2) is 0 Å². The Kier molecular flexibility index (Phi) is 9.40. The molecular weight excluding hydrogens is 330 g/mol. The quantitative estimate of drug-likeness (QED) is 0.510. The molecule has 144 valence electrons. The molecule has 0 aromatic rings. The normalized spacial score (nSPS) is 21.2. The van der Waals surface area contributed by atoms with Gasteiger partial charge in [0.05, 0.1) is 19.6 Å². The summed E-state index contributed by atoms with van der Waals surface area (Å²) in [5.41, 5.74) is 0. The van der Waals surface area contributed by atoms with Crippen LogP contribution in [0, 0.1) is 0 Å². The van der Waals surface area contributed by atoms with E-state index >= 15 is 0 Å². The van der Waals surface area contributed by atoms with Gasteiger partial charge < -0.3 is 15.3 Å². The first-order valence-electron chi connectivity index (χ1n) is 8.66. The summed E-state index contributed by atoms with van der Waals surface area (Å²) in [6.07, 6.45) is 2.70. The average molecular weight is 359 g/mol. The van der Waals surface area contributed by atoms with E-state index in [1.165, 1.54) is 0 Å². The topological polar surface area (TPSA) is 122 Å². The van der Waals surface area contributed by atoms with E-state index in [0.717, 1.165) is 19.3 Å². The number of hydrogen-bond acceptors (Lipinski definition) is 6. The SMILES string of the molecule is CCCCC1CN(CC(=O)O)CCN(CC(=O)O)CCN1CC(=O)O. The van der Waals surface area contributed by atoms with Gasteiger partial charge in [-0.05, 0) is 6.42 Å². The third-order valence-corrected chi connectivity index (χ3v) is 4.37. The molecule has 0 spiro atoms. The summed E-state index contributed by atoms with van der Waals surface area (Å²) in [5.74, 6) is -2.82. The Hall–Kier alpha value is -1.71. The van der Waals surface area contributed by atoms with Crippen LogP contribution in [-0.4, -0.2) is 106 Å². The van der Waals surface area contributed by atoms with Crippen molar-refractivity contribution in [1.82, 2.24) is 14.7 Å².